The molecule has 14 heteroatoms. The summed E-state index contributed by atoms with van der Waals surface area (Å²) >= 11 is 0. The normalized spacial score (nSPS) is 21.4. The van der Waals surface area contributed by atoms with E-state index < -0.39 is 38.7 Å². The molecule has 9 nitrogen and oxygen atoms in total. The molecule has 0 radical (unpaired) electrons. The van der Waals surface area contributed by atoms with Crippen LogP contribution < -0.4 is 0 Å². The highest BCUT2D eigenvalue weighted by Crippen LogP contribution is 2.47. The third kappa shape index (κ3) is 4.42. The van der Waals surface area contributed by atoms with E-state index in [4.69, 9.17) is 4.78 Å². The number of benzene rings is 1. The molecule has 4 aromatic rings. The van der Waals surface area contributed by atoms with Gasteiger partial charge in [0.15, 0.2) is 5.78 Å². The SMILES string of the molecule is N=S(=O)(c1cnn2c1CCC2)N1CCC2=Cc3c(cnn3-c3ccc(F)cc3)C[C@]2(C(=O)c2cc(C(F)(F)F)ccn2)C1. The number of carbonyl (C=O) groups is 1. The molecule has 43 heavy (non-hydrogen) atoms. The van der Waals surface area contributed by atoms with E-state index in [1.807, 2.05) is 0 Å². The summed E-state index contributed by atoms with van der Waals surface area (Å²) in [5, 5.41) is 8.77. The zero-order chi connectivity index (χ0) is 30.1. The monoisotopic (exact) mass is 611 g/mol. The molecule has 1 saturated heterocycles. The van der Waals surface area contributed by atoms with Crippen LogP contribution >= 0.6 is 0 Å². The second-order valence-electron chi connectivity index (χ2n) is 11.0. The molecule has 5 heterocycles. The first-order valence-electron chi connectivity index (χ1n) is 13.7. The number of nitrogens with one attached hydrogen (secondary N) is 1. The fourth-order valence-corrected chi connectivity index (χ4v) is 8.15. The number of carbonyl (C=O) groups excluding carboxylic acids is 1. The van der Waals surface area contributed by atoms with Crippen LogP contribution in [0.1, 0.15) is 45.8 Å². The third-order valence-electron chi connectivity index (χ3n) is 8.56. The van der Waals surface area contributed by atoms with Crippen LogP contribution in [0.15, 0.2) is 65.5 Å². The Labute approximate surface area is 243 Å². The molecule has 7 rings (SSSR count). The zero-order valence-corrected chi connectivity index (χ0v) is 23.5. The van der Waals surface area contributed by atoms with Gasteiger partial charge in [-0.05, 0) is 73.7 Å². The summed E-state index contributed by atoms with van der Waals surface area (Å²) in [7, 11) is -3.59. The lowest BCUT2D eigenvalue weighted by Crippen LogP contribution is -2.53. The third-order valence-corrected chi connectivity index (χ3v) is 10.5. The summed E-state index contributed by atoms with van der Waals surface area (Å²) in [6.45, 7) is 0.690. The molecule has 1 N–H and O–H groups in total. The van der Waals surface area contributed by atoms with Crippen LogP contribution in [0.2, 0.25) is 0 Å². The summed E-state index contributed by atoms with van der Waals surface area (Å²) in [6, 6.07) is 7.31. The predicted octanol–water partition coefficient (Wildman–Crippen LogP) is 5.10. The van der Waals surface area contributed by atoms with Crippen molar-refractivity contribution in [3.8, 4) is 5.69 Å². The number of piperidine rings is 1. The fraction of sp³-hybridized carbons (Fsp3) is 0.310. The van der Waals surface area contributed by atoms with Gasteiger partial charge in [0.05, 0.1) is 40.4 Å². The maximum Gasteiger partial charge on any atom is 0.416 e. The van der Waals surface area contributed by atoms with E-state index in [1.54, 1.807) is 33.8 Å². The van der Waals surface area contributed by atoms with Crippen LogP contribution in [0.5, 0.6) is 0 Å². The molecule has 0 bridgehead atoms. The highest BCUT2D eigenvalue weighted by Gasteiger charge is 2.51. The molecule has 1 unspecified atom stereocenters. The Hall–Kier alpha value is -4.17. The van der Waals surface area contributed by atoms with Crippen molar-refractivity contribution < 1.29 is 26.6 Å². The number of alkyl halides is 3. The summed E-state index contributed by atoms with van der Waals surface area (Å²) in [6.07, 6.45) is 2.83. The van der Waals surface area contributed by atoms with Gasteiger partial charge < -0.3 is 0 Å². The van der Waals surface area contributed by atoms with Gasteiger partial charge in [0.2, 0.25) is 0 Å². The van der Waals surface area contributed by atoms with Crippen molar-refractivity contribution in [2.24, 2.45) is 5.41 Å². The molecule has 222 valence electrons. The van der Waals surface area contributed by atoms with E-state index in [1.165, 1.54) is 22.6 Å². The van der Waals surface area contributed by atoms with E-state index in [-0.39, 0.29) is 31.6 Å². The molecule has 0 spiro atoms. The molecule has 0 saturated carbocycles. The molecular formula is C29H25F4N7O2S. The van der Waals surface area contributed by atoms with Crippen LogP contribution in [0.25, 0.3) is 11.8 Å². The zero-order valence-electron chi connectivity index (χ0n) is 22.6. The van der Waals surface area contributed by atoms with Crippen LogP contribution in [-0.2, 0) is 35.5 Å². The topological polar surface area (TPSA) is 110 Å². The number of rotatable bonds is 5. The van der Waals surface area contributed by atoms with Crippen LogP contribution in [0, 0.1) is 16.0 Å². The van der Waals surface area contributed by atoms with E-state index in [2.05, 4.69) is 15.2 Å². The number of nitrogens with zero attached hydrogens (tertiary/aromatic N) is 6. The van der Waals surface area contributed by atoms with Gasteiger partial charge in [-0.1, -0.05) is 5.57 Å². The van der Waals surface area contributed by atoms with Gasteiger partial charge in [-0.3, -0.25) is 14.5 Å². The lowest BCUT2D eigenvalue weighted by atomic mass is 9.65. The lowest BCUT2D eigenvalue weighted by molar-refractivity contribution is -0.137. The molecule has 1 aliphatic carbocycles. The number of ketones is 1. The largest absolute Gasteiger partial charge is 0.416 e. The number of pyridine rings is 1. The Morgan fingerprint density at radius 3 is 2.60 bits per heavy atom. The number of halogens is 4. The van der Waals surface area contributed by atoms with Gasteiger partial charge in [-0.15, -0.1) is 0 Å². The number of hydrogen-bond acceptors (Lipinski definition) is 6. The van der Waals surface area contributed by atoms with Gasteiger partial charge in [-0.25, -0.2) is 22.4 Å². The maximum atomic E-state index is 14.4. The van der Waals surface area contributed by atoms with Crippen molar-refractivity contribution in [2.45, 2.75) is 43.3 Å². The summed E-state index contributed by atoms with van der Waals surface area (Å²) in [5.41, 5.74) is 0.446. The summed E-state index contributed by atoms with van der Waals surface area (Å²) in [4.78, 5) is 18.7. The van der Waals surface area contributed by atoms with E-state index in [9.17, 15) is 26.6 Å². The van der Waals surface area contributed by atoms with E-state index in [0.717, 1.165) is 30.4 Å². The molecule has 0 amide bonds. The van der Waals surface area contributed by atoms with Gasteiger partial charge in [-0.2, -0.15) is 23.4 Å². The number of Topliss-reactive ketones (excluding diaryl/α,β-unsaturated/α-hetero) is 1. The molecule has 2 atom stereocenters. The molecule has 1 aromatic carbocycles. The van der Waals surface area contributed by atoms with Crippen molar-refractivity contribution in [1.29, 1.82) is 4.78 Å². The van der Waals surface area contributed by atoms with Gasteiger partial charge in [0.25, 0.3) is 0 Å². The molecule has 3 aliphatic rings. The first-order chi connectivity index (χ1) is 20.5. The van der Waals surface area contributed by atoms with Crippen molar-refractivity contribution in [2.75, 3.05) is 13.1 Å². The quantitative estimate of drug-likeness (QED) is 0.249. The number of hydrogen-bond donors (Lipinski definition) is 1. The van der Waals surface area contributed by atoms with E-state index >= 15 is 0 Å². The van der Waals surface area contributed by atoms with Crippen molar-refractivity contribution >= 4 is 21.8 Å². The van der Waals surface area contributed by atoms with Crippen LogP contribution in [0.4, 0.5) is 17.6 Å². The maximum absolute atomic E-state index is 14.4. The highest BCUT2D eigenvalue weighted by molar-refractivity contribution is 7.90. The van der Waals surface area contributed by atoms with Crippen LogP contribution in [0.3, 0.4) is 0 Å². The molecule has 1 fully saturated rings. The minimum atomic E-state index is -4.68. The number of aryl methyl sites for hydroxylation is 1. The standard InChI is InChI=1S/C29H25F4N7O2S/c30-21-3-5-22(6-4-21)40-25-13-19-8-11-38(43(34,42)26-16-36-39-10-1-2-24(26)39)17-28(19,14-18(25)15-37-40)27(41)23-12-20(7-9-35-23)29(31,32)33/h3-7,9,12-13,15-16,34H,1-2,8,10-11,14,17H2/t28-,43?/m0/s1. The summed E-state index contributed by atoms with van der Waals surface area (Å²) < 4.78 is 82.5. The minimum absolute atomic E-state index is 0.0459. The Kier molecular flexibility index (Phi) is 6.22. The minimum Gasteiger partial charge on any atom is -0.291 e. The lowest BCUT2D eigenvalue weighted by Gasteiger charge is -2.45. The average Bonchev–Trinajstić information content (AvgIpc) is 3.71. The summed E-state index contributed by atoms with van der Waals surface area (Å²) in [5.74, 6) is -1.05. The number of fused-ring (bicyclic) bond motifs is 3. The van der Waals surface area contributed by atoms with Gasteiger partial charge in [0, 0.05) is 25.8 Å². The molecular weight excluding hydrogens is 586 g/mol. The first kappa shape index (κ1) is 27.7. The van der Waals surface area contributed by atoms with Crippen molar-refractivity contribution in [3.63, 3.8) is 0 Å². The molecule has 3 aromatic heterocycles. The Balaban J connectivity index is 1.34. The fourth-order valence-electron chi connectivity index (χ4n) is 6.40. The second-order valence-corrected chi connectivity index (χ2v) is 13.1. The molecule has 2 aliphatic heterocycles. The van der Waals surface area contributed by atoms with Crippen molar-refractivity contribution in [1.82, 2.24) is 28.9 Å². The van der Waals surface area contributed by atoms with Gasteiger partial charge in [0.1, 0.15) is 26.3 Å². The Morgan fingerprint density at radius 1 is 1.05 bits per heavy atom. The second kappa shape index (κ2) is 9.67. The highest BCUT2D eigenvalue weighted by atomic mass is 32.2. The number of aromatic nitrogens is 5. The average molecular weight is 612 g/mol. The van der Waals surface area contributed by atoms with Crippen LogP contribution in [-0.4, -0.2) is 51.9 Å². The Morgan fingerprint density at radius 2 is 1.84 bits per heavy atom. The Bertz CT molecular complexity index is 1910. The van der Waals surface area contributed by atoms with Gasteiger partial charge >= 0.3 is 6.18 Å². The predicted molar refractivity (Wildman–Crippen MR) is 147 cm³/mol. The van der Waals surface area contributed by atoms with Crippen molar-refractivity contribution in [3.05, 3.63) is 94.6 Å². The van der Waals surface area contributed by atoms with E-state index in [0.29, 0.717) is 40.4 Å². The smallest absolute Gasteiger partial charge is 0.291 e. The first-order valence-corrected chi connectivity index (χ1v) is 15.2.